The standard InChI is InChI=1S/C45H32N2/c1-45(2)37-17-9-6-14-33(37)34-25-24-32(28-38(34)45)47-40-19-11-8-16-36(40)44-42(47)27-26-41-43(44)35-15-7-10-18-39(35)46(41)31-22-20-30(21-23-31)29-12-4-3-5-13-29/h3-28H,1-2H3/i4D,6D,7D,8D,14D,15D,17D,18D,19D,20D,21D,24D,25D,26D,27D,28D. The van der Waals surface area contributed by atoms with Crippen molar-refractivity contribution < 1.29 is 21.9 Å². The van der Waals surface area contributed by atoms with Crippen molar-refractivity contribution in [1.29, 1.82) is 0 Å². The molecule has 7 aromatic carbocycles. The van der Waals surface area contributed by atoms with Gasteiger partial charge in [-0.15, -0.1) is 0 Å². The molecule has 2 heteroatoms. The molecule has 2 heterocycles. The van der Waals surface area contributed by atoms with E-state index in [1.165, 1.54) is 51.6 Å². The van der Waals surface area contributed by atoms with Crippen LogP contribution in [0.3, 0.4) is 0 Å². The highest BCUT2D eigenvalue weighted by molar-refractivity contribution is 6.28. The van der Waals surface area contributed by atoms with Crippen molar-refractivity contribution in [2.24, 2.45) is 0 Å². The number of nitrogens with zero attached hydrogens (tertiary/aromatic N) is 2. The lowest BCUT2D eigenvalue weighted by Crippen LogP contribution is -2.15. The molecule has 0 aliphatic heterocycles. The summed E-state index contributed by atoms with van der Waals surface area (Å²) in [5.41, 5.74) is -0.0410. The average Bonchev–Trinajstić information content (AvgIpc) is 3.81. The van der Waals surface area contributed by atoms with E-state index in [0.717, 1.165) is 0 Å². The maximum Gasteiger partial charge on any atom is 0.0648 e. The van der Waals surface area contributed by atoms with Crippen molar-refractivity contribution in [3.05, 3.63) is 168 Å². The summed E-state index contributed by atoms with van der Waals surface area (Å²) in [7, 11) is 0. The molecule has 0 amide bonds. The third-order valence-electron chi connectivity index (χ3n) is 9.17. The van der Waals surface area contributed by atoms with E-state index in [0.29, 0.717) is 11.1 Å². The second kappa shape index (κ2) is 9.57. The predicted octanol–water partition coefficient (Wildman–Crippen LogP) is 11.9. The molecular weight excluding hydrogens is 569 g/mol. The van der Waals surface area contributed by atoms with Gasteiger partial charge in [-0.25, -0.2) is 0 Å². The first kappa shape index (κ1) is 15.2. The zero-order valence-electron chi connectivity index (χ0n) is 41.2. The second-order valence-corrected chi connectivity index (χ2v) is 12.1. The van der Waals surface area contributed by atoms with Gasteiger partial charge in [0.2, 0.25) is 0 Å². The predicted molar refractivity (Wildman–Crippen MR) is 198 cm³/mol. The first-order valence-electron chi connectivity index (χ1n) is 23.1. The highest BCUT2D eigenvalue weighted by Gasteiger charge is 2.35. The normalized spacial score (nSPS) is 18.3. The summed E-state index contributed by atoms with van der Waals surface area (Å²) in [5.74, 6) is 0. The van der Waals surface area contributed by atoms with E-state index >= 15 is 0 Å². The van der Waals surface area contributed by atoms with Crippen molar-refractivity contribution >= 4 is 43.6 Å². The topological polar surface area (TPSA) is 9.86 Å². The molecule has 0 N–H and O–H groups in total. The Bertz CT molecular complexity index is 3600. The van der Waals surface area contributed by atoms with Crippen LogP contribution in [0.25, 0.3) is 77.2 Å². The molecule has 0 saturated carbocycles. The van der Waals surface area contributed by atoms with Gasteiger partial charge in [-0.2, -0.15) is 0 Å². The van der Waals surface area contributed by atoms with Crippen LogP contribution in [-0.2, 0) is 5.41 Å². The van der Waals surface area contributed by atoms with Gasteiger partial charge in [0.1, 0.15) is 0 Å². The minimum atomic E-state index is -1.19. The Labute approximate surface area is 296 Å². The first-order valence-corrected chi connectivity index (χ1v) is 15.1. The zero-order chi connectivity index (χ0) is 45.2. The van der Waals surface area contributed by atoms with Crippen LogP contribution in [0.2, 0.25) is 0 Å². The van der Waals surface area contributed by atoms with Gasteiger partial charge in [0, 0.05) is 38.3 Å². The maximum atomic E-state index is 9.86. The van der Waals surface area contributed by atoms with Crippen LogP contribution in [0.5, 0.6) is 0 Å². The van der Waals surface area contributed by atoms with Gasteiger partial charge in [0.15, 0.2) is 0 Å². The van der Waals surface area contributed by atoms with E-state index in [1.807, 2.05) is 0 Å². The lowest BCUT2D eigenvalue weighted by molar-refractivity contribution is 0.660. The van der Waals surface area contributed by atoms with Crippen molar-refractivity contribution in [1.82, 2.24) is 9.13 Å². The van der Waals surface area contributed by atoms with Gasteiger partial charge < -0.3 is 9.13 Å². The Kier molecular flexibility index (Phi) is 3.09. The van der Waals surface area contributed by atoms with Crippen molar-refractivity contribution in [2.45, 2.75) is 19.3 Å². The number of benzene rings is 7. The quantitative estimate of drug-likeness (QED) is 0.187. The van der Waals surface area contributed by atoms with Gasteiger partial charge in [0.05, 0.1) is 44.0 Å². The van der Waals surface area contributed by atoms with Crippen molar-refractivity contribution in [3.8, 4) is 33.6 Å². The Hall–Kier alpha value is -5.86. The summed E-state index contributed by atoms with van der Waals surface area (Å²) >= 11 is 0. The summed E-state index contributed by atoms with van der Waals surface area (Å²) in [6.45, 7) is 3.45. The van der Waals surface area contributed by atoms with Crippen LogP contribution in [0, 0.1) is 0 Å². The van der Waals surface area contributed by atoms with Crippen LogP contribution in [0.1, 0.15) is 46.9 Å². The summed E-state index contributed by atoms with van der Waals surface area (Å²) in [6, 6.07) is 10.2. The molecule has 0 radical (unpaired) electrons. The fourth-order valence-electron chi connectivity index (χ4n) is 7.03. The number of rotatable bonds is 3. The lowest BCUT2D eigenvalue weighted by Gasteiger charge is -2.22. The molecule has 2 aromatic heterocycles. The molecule has 47 heavy (non-hydrogen) atoms. The molecule has 0 fully saturated rings. The number of fused-ring (bicyclic) bond motifs is 10. The molecule has 2 nitrogen and oxygen atoms in total. The summed E-state index contributed by atoms with van der Waals surface area (Å²) < 4.78 is 149. The Morgan fingerprint density at radius 2 is 1.15 bits per heavy atom. The fraction of sp³-hybridized carbons (Fsp3) is 0.0667. The van der Waals surface area contributed by atoms with Gasteiger partial charge in [-0.05, 0) is 81.8 Å². The third kappa shape index (κ3) is 3.61. The van der Waals surface area contributed by atoms with Gasteiger partial charge in [-0.1, -0.05) is 123 Å². The van der Waals surface area contributed by atoms with E-state index in [9.17, 15) is 11.0 Å². The van der Waals surface area contributed by atoms with Crippen LogP contribution < -0.4 is 0 Å². The van der Waals surface area contributed by atoms with E-state index in [-0.39, 0.29) is 150 Å². The third-order valence-corrected chi connectivity index (χ3v) is 9.17. The Balaban J connectivity index is 1.41. The second-order valence-electron chi connectivity index (χ2n) is 12.1. The van der Waals surface area contributed by atoms with Gasteiger partial charge in [-0.3, -0.25) is 0 Å². The first-order chi connectivity index (χ1) is 29.7. The Morgan fingerprint density at radius 3 is 1.98 bits per heavy atom. The van der Waals surface area contributed by atoms with E-state index in [1.54, 1.807) is 32.0 Å². The molecule has 222 valence electrons. The van der Waals surface area contributed by atoms with E-state index < -0.39 is 29.6 Å². The molecular formula is C45H32N2. The minimum Gasteiger partial charge on any atom is -0.309 e. The molecule has 0 spiro atoms. The molecule has 1 aliphatic rings. The Morgan fingerprint density at radius 1 is 0.468 bits per heavy atom. The van der Waals surface area contributed by atoms with Crippen LogP contribution in [0.15, 0.2) is 157 Å². The highest BCUT2D eigenvalue weighted by atomic mass is 15.0. The lowest BCUT2D eigenvalue weighted by atomic mass is 9.82. The average molecular weight is 617 g/mol. The molecule has 9 aromatic rings. The smallest absolute Gasteiger partial charge is 0.0648 e. The highest BCUT2D eigenvalue weighted by Crippen LogP contribution is 2.50. The van der Waals surface area contributed by atoms with Crippen LogP contribution in [-0.4, -0.2) is 9.13 Å². The molecule has 10 rings (SSSR count). The van der Waals surface area contributed by atoms with Crippen LogP contribution >= 0.6 is 0 Å². The SMILES string of the molecule is [2H]c1cccc(-c2c([2H])cc(-n3c4c([2H])cc([2H])c([2H])c4c4c5c6cc([2H])cc([2H])c6n(-c6c([2H])c([2H])c7c(c6[2H])C(C)(C)c6c([2H])cc([2H])c([2H])c6-7)c5c([2H])c([2H])c43)cc2[2H])c1. The monoisotopic (exact) mass is 616 g/mol. The summed E-state index contributed by atoms with van der Waals surface area (Å²) in [6.07, 6.45) is 0. The zero-order valence-corrected chi connectivity index (χ0v) is 25.2. The molecule has 0 saturated heterocycles. The fourth-order valence-corrected chi connectivity index (χ4v) is 7.03. The van der Waals surface area contributed by atoms with Crippen molar-refractivity contribution in [2.75, 3.05) is 0 Å². The maximum absolute atomic E-state index is 9.86. The molecule has 0 atom stereocenters. The van der Waals surface area contributed by atoms with Gasteiger partial charge in [0.25, 0.3) is 0 Å². The molecule has 1 aliphatic carbocycles. The number of aromatic nitrogens is 2. The summed E-state index contributed by atoms with van der Waals surface area (Å²) in [4.78, 5) is 0. The minimum absolute atomic E-state index is 0.00655. The largest absolute Gasteiger partial charge is 0.309 e. The van der Waals surface area contributed by atoms with E-state index in [4.69, 9.17) is 11.0 Å². The number of hydrogen-bond donors (Lipinski definition) is 0. The van der Waals surface area contributed by atoms with Crippen molar-refractivity contribution in [3.63, 3.8) is 0 Å². The number of para-hydroxylation sites is 2. The van der Waals surface area contributed by atoms with Gasteiger partial charge >= 0.3 is 0 Å². The molecule has 0 unspecified atom stereocenters. The van der Waals surface area contributed by atoms with E-state index in [2.05, 4.69) is 0 Å². The number of hydrogen-bond acceptors (Lipinski definition) is 0. The summed E-state index contributed by atoms with van der Waals surface area (Å²) in [5, 5.41) is 0.363. The molecule has 0 bridgehead atoms. The van der Waals surface area contributed by atoms with Crippen LogP contribution in [0.4, 0.5) is 0 Å².